The summed E-state index contributed by atoms with van der Waals surface area (Å²) in [5, 5.41) is 4.26. The topological polar surface area (TPSA) is 51.3 Å². The van der Waals surface area contributed by atoms with Gasteiger partial charge in [0.05, 0.1) is 6.54 Å². The molecule has 6 heteroatoms. The Morgan fingerprint density at radius 3 is 2.81 bits per heavy atom. The van der Waals surface area contributed by atoms with Gasteiger partial charge in [-0.25, -0.2) is 9.18 Å². The zero-order chi connectivity index (χ0) is 18.8. The molecule has 0 saturated carbocycles. The van der Waals surface area contributed by atoms with Gasteiger partial charge < -0.3 is 4.42 Å². The van der Waals surface area contributed by atoms with Crippen LogP contribution in [0.15, 0.2) is 57.7 Å². The number of halogens is 1. The first-order valence-electron chi connectivity index (χ1n) is 8.75. The first-order chi connectivity index (χ1) is 13.2. The monoisotopic (exact) mass is 363 g/mol. The molecule has 1 heterocycles. The fourth-order valence-electron chi connectivity index (χ4n) is 3.57. The maximum Gasteiger partial charge on any atom is 0.438 e. The Morgan fingerprint density at radius 2 is 2.04 bits per heavy atom. The van der Waals surface area contributed by atoms with E-state index >= 15 is 0 Å². The standard InChI is InChI=1S/C21H18FN3O2/c1-2-13-24(19-12-9-15-5-3-4-6-18(15)19)14-25-21(26)27-20(23-25)16-7-10-17(22)11-8-16/h1,3-8,10-11,19H,9,12-14H2/t19-/m1/s1. The smallest absolute Gasteiger partial charge is 0.388 e. The second-order valence-electron chi connectivity index (χ2n) is 6.53. The second kappa shape index (κ2) is 7.22. The molecule has 0 bridgehead atoms. The Bertz CT molecular complexity index is 1050. The average Bonchev–Trinajstić information content (AvgIpc) is 3.26. The highest BCUT2D eigenvalue weighted by atomic mass is 19.1. The van der Waals surface area contributed by atoms with Gasteiger partial charge in [-0.2, -0.15) is 4.68 Å². The van der Waals surface area contributed by atoms with Gasteiger partial charge in [0.2, 0.25) is 5.89 Å². The van der Waals surface area contributed by atoms with E-state index in [0.717, 1.165) is 12.8 Å². The van der Waals surface area contributed by atoms with Gasteiger partial charge in [-0.05, 0) is 48.2 Å². The van der Waals surface area contributed by atoms with Crippen LogP contribution < -0.4 is 5.76 Å². The fourth-order valence-corrected chi connectivity index (χ4v) is 3.57. The number of benzene rings is 2. The maximum atomic E-state index is 13.1. The van der Waals surface area contributed by atoms with Crippen LogP contribution in [-0.4, -0.2) is 21.2 Å². The first kappa shape index (κ1) is 17.3. The Balaban J connectivity index is 1.61. The molecule has 27 heavy (non-hydrogen) atoms. The lowest BCUT2D eigenvalue weighted by Crippen LogP contribution is -2.34. The molecular formula is C21H18FN3O2. The summed E-state index contributed by atoms with van der Waals surface area (Å²) < 4.78 is 19.6. The van der Waals surface area contributed by atoms with Crippen molar-refractivity contribution in [3.8, 4) is 23.8 Å². The van der Waals surface area contributed by atoms with E-state index in [-0.39, 0.29) is 24.4 Å². The van der Waals surface area contributed by atoms with Gasteiger partial charge >= 0.3 is 5.76 Å². The van der Waals surface area contributed by atoms with Gasteiger partial charge in [0.1, 0.15) is 12.5 Å². The largest absolute Gasteiger partial charge is 0.438 e. The molecule has 2 aromatic carbocycles. The predicted molar refractivity (Wildman–Crippen MR) is 99.2 cm³/mol. The minimum atomic E-state index is -0.567. The van der Waals surface area contributed by atoms with E-state index in [4.69, 9.17) is 10.8 Å². The van der Waals surface area contributed by atoms with E-state index in [1.54, 1.807) is 0 Å². The Hall–Kier alpha value is -3.17. The van der Waals surface area contributed by atoms with Crippen LogP contribution in [0.5, 0.6) is 0 Å². The van der Waals surface area contributed by atoms with Crippen molar-refractivity contribution in [3.63, 3.8) is 0 Å². The number of fused-ring (bicyclic) bond motifs is 1. The minimum absolute atomic E-state index is 0.134. The van der Waals surface area contributed by atoms with Crippen molar-refractivity contribution in [3.05, 3.63) is 76.0 Å². The number of terminal acetylenes is 1. The Kier molecular flexibility index (Phi) is 4.61. The molecule has 0 amide bonds. The van der Waals surface area contributed by atoms with Crippen LogP contribution in [0.25, 0.3) is 11.5 Å². The van der Waals surface area contributed by atoms with Crippen molar-refractivity contribution in [2.24, 2.45) is 0 Å². The number of aryl methyl sites for hydroxylation is 1. The van der Waals surface area contributed by atoms with Crippen LogP contribution in [0.4, 0.5) is 4.39 Å². The van der Waals surface area contributed by atoms with Gasteiger partial charge in [-0.1, -0.05) is 30.2 Å². The van der Waals surface area contributed by atoms with Crippen molar-refractivity contribution in [2.45, 2.75) is 25.6 Å². The normalized spacial score (nSPS) is 15.7. The summed E-state index contributed by atoms with van der Waals surface area (Å²) in [5.41, 5.74) is 3.09. The summed E-state index contributed by atoms with van der Waals surface area (Å²) in [4.78, 5) is 14.3. The molecule has 3 aromatic rings. The molecule has 0 saturated heterocycles. The molecule has 1 atom stereocenters. The van der Waals surface area contributed by atoms with Crippen LogP contribution in [0.1, 0.15) is 23.6 Å². The SMILES string of the molecule is C#CCN(Cn1nc(-c2ccc(F)cc2)oc1=O)[C@@H]1CCc2ccccc21. The number of rotatable bonds is 5. The van der Waals surface area contributed by atoms with E-state index in [9.17, 15) is 9.18 Å². The third kappa shape index (κ3) is 3.42. The molecule has 0 spiro atoms. The summed E-state index contributed by atoms with van der Waals surface area (Å²) in [6.07, 6.45) is 7.49. The molecule has 0 unspecified atom stereocenters. The van der Waals surface area contributed by atoms with Crippen LogP contribution >= 0.6 is 0 Å². The van der Waals surface area contributed by atoms with Crippen molar-refractivity contribution in [1.82, 2.24) is 14.7 Å². The third-order valence-electron chi connectivity index (χ3n) is 4.85. The first-order valence-corrected chi connectivity index (χ1v) is 8.75. The molecule has 1 aliphatic carbocycles. The zero-order valence-corrected chi connectivity index (χ0v) is 14.6. The summed E-state index contributed by atoms with van der Waals surface area (Å²) in [6, 6.07) is 14.1. The number of aromatic nitrogens is 2. The predicted octanol–water partition coefficient (Wildman–Crippen LogP) is 3.22. The summed E-state index contributed by atoms with van der Waals surface area (Å²) >= 11 is 0. The molecule has 4 rings (SSSR count). The molecular weight excluding hydrogens is 345 g/mol. The molecule has 0 fully saturated rings. The Morgan fingerprint density at radius 1 is 1.26 bits per heavy atom. The Labute approximate surface area is 156 Å². The van der Waals surface area contributed by atoms with Gasteiger partial charge in [0, 0.05) is 11.6 Å². The summed E-state index contributed by atoms with van der Waals surface area (Å²) in [6.45, 7) is 0.622. The number of hydrogen-bond donors (Lipinski definition) is 0. The second-order valence-corrected chi connectivity index (χ2v) is 6.53. The highest BCUT2D eigenvalue weighted by Gasteiger charge is 2.28. The van der Waals surface area contributed by atoms with Crippen LogP contribution in [0.3, 0.4) is 0 Å². The summed E-state index contributed by atoms with van der Waals surface area (Å²) in [7, 11) is 0. The van der Waals surface area contributed by atoms with Gasteiger partial charge in [0.15, 0.2) is 0 Å². The summed E-state index contributed by atoms with van der Waals surface area (Å²) in [5.74, 6) is 1.90. The number of hydrogen-bond acceptors (Lipinski definition) is 4. The molecule has 1 aliphatic rings. The van der Waals surface area contributed by atoms with E-state index in [2.05, 4.69) is 23.2 Å². The molecule has 0 aliphatic heterocycles. The number of nitrogens with zero attached hydrogens (tertiary/aromatic N) is 3. The van der Waals surface area contributed by atoms with Gasteiger partial charge in [-0.15, -0.1) is 11.5 Å². The molecule has 0 radical (unpaired) electrons. The molecule has 1 aromatic heterocycles. The van der Waals surface area contributed by atoms with Crippen molar-refractivity contribution >= 4 is 0 Å². The lowest BCUT2D eigenvalue weighted by atomic mass is 10.1. The lowest BCUT2D eigenvalue weighted by Gasteiger charge is -2.26. The molecule has 0 N–H and O–H groups in total. The molecule has 136 valence electrons. The quantitative estimate of drug-likeness (QED) is 0.653. The van der Waals surface area contributed by atoms with Crippen LogP contribution in [0, 0.1) is 18.2 Å². The fraction of sp³-hybridized carbons (Fsp3) is 0.238. The average molecular weight is 363 g/mol. The van der Waals surface area contributed by atoms with Crippen molar-refractivity contribution < 1.29 is 8.81 Å². The molecule has 5 nitrogen and oxygen atoms in total. The van der Waals surface area contributed by atoms with Gasteiger partial charge in [0.25, 0.3) is 0 Å². The van der Waals surface area contributed by atoms with Crippen LogP contribution in [-0.2, 0) is 13.1 Å². The van der Waals surface area contributed by atoms with Gasteiger partial charge in [-0.3, -0.25) is 4.90 Å². The third-order valence-corrected chi connectivity index (χ3v) is 4.85. The highest BCUT2D eigenvalue weighted by Crippen LogP contribution is 2.35. The zero-order valence-electron chi connectivity index (χ0n) is 14.6. The van der Waals surface area contributed by atoms with Crippen molar-refractivity contribution in [1.29, 1.82) is 0 Å². The maximum absolute atomic E-state index is 13.1. The lowest BCUT2D eigenvalue weighted by molar-refractivity contribution is 0.158. The van der Waals surface area contributed by atoms with E-state index in [1.165, 1.54) is 40.1 Å². The van der Waals surface area contributed by atoms with E-state index in [0.29, 0.717) is 12.1 Å². The van der Waals surface area contributed by atoms with E-state index < -0.39 is 5.76 Å². The highest BCUT2D eigenvalue weighted by molar-refractivity contribution is 5.51. The van der Waals surface area contributed by atoms with Crippen molar-refractivity contribution in [2.75, 3.05) is 6.54 Å². The van der Waals surface area contributed by atoms with Crippen LogP contribution in [0.2, 0.25) is 0 Å². The van der Waals surface area contributed by atoms with E-state index in [1.807, 2.05) is 17.0 Å². The minimum Gasteiger partial charge on any atom is -0.388 e.